The van der Waals surface area contributed by atoms with Crippen molar-refractivity contribution in [1.82, 2.24) is 9.88 Å². The van der Waals surface area contributed by atoms with Crippen LogP contribution in [0.15, 0.2) is 12.3 Å². The van der Waals surface area contributed by atoms with Gasteiger partial charge in [0.05, 0.1) is 10.6 Å². The Morgan fingerprint density at radius 3 is 2.80 bits per heavy atom. The second-order valence-electron chi connectivity index (χ2n) is 5.43. The fourth-order valence-corrected chi connectivity index (χ4v) is 2.92. The van der Waals surface area contributed by atoms with Crippen molar-refractivity contribution in [2.75, 3.05) is 38.6 Å². The van der Waals surface area contributed by atoms with Crippen LogP contribution < -0.4 is 4.90 Å². The highest BCUT2D eigenvalue weighted by Crippen LogP contribution is 2.28. The maximum absolute atomic E-state index is 11.1. The maximum atomic E-state index is 11.1. The van der Waals surface area contributed by atoms with E-state index in [1.54, 1.807) is 0 Å². The van der Waals surface area contributed by atoms with Gasteiger partial charge >= 0.3 is 5.97 Å². The van der Waals surface area contributed by atoms with Gasteiger partial charge in [0, 0.05) is 19.8 Å². The molecule has 0 aromatic carbocycles. The van der Waals surface area contributed by atoms with Crippen LogP contribution in [0.5, 0.6) is 0 Å². The summed E-state index contributed by atoms with van der Waals surface area (Å²) in [6.07, 6.45) is 3.80. The fraction of sp³-hybridized carbons (Fsp3) is 0.571. The van der Waals surface area contributed by atoms with Crippen molar-refractivity contribution in [1.29, 1.82) is 0 Å². The number of hydrogen-bond donors (Lipinski definition) is 1. The minimum atomic E-state index is -1.02. The quantitative estimate of drug-likeness (QED) is 0.923. The highest BCUT2D eigenvalue weighted by molar-refractivity contribution is 6.35. The van der Waals surface area contributed by atoms with Gasteiger partial charge in [-0.3, -0.25) is 0 Å². The molecule has 1 aliphatic heterocycles. The fourth-order valence-electron chi connectivity index (χ4n) is 2.58. The molecule has 0 bridgehead atoms. The SMILES string of the molecule is CN1CCC(CN(C)c2nccc(C(=O)O)c2Cl)CC1. The topological polar surface area (TPSA) is 56.7 Å². The van der Waals surface area contributed by atoms with Crippen LogP contribution in [0.2, 0.25) is 5.02 Å². The lowest BCUT2D eigenvalue weighted by Crippen LogP contribution is -2.36. The van der Waals surface area contributed by atoms with Crippen LogP contribution in [0.1, 0.15) is 23.2 Å². The summed E-state index contributed by atoms with van der Waals surface area (Å²) >= 11 is 6.15. The summed E-state index contributed by atoms with van der Waals surface area (Å²) < 4.78 is 0. The largest absolute Gasteiger partial charge is 0.478 e. The summed E-state index contributed by atoms with van der Waals surface area (Å²) in [6, 6.07) is 1.43. The van der Waals surface area contributed by atoms with Crippen molar-refractivity contribution in [3.8, 4) is 0 Å². The summed E-state index contributed by atoms with van der Waals surface area (Å²) in [5.41, 5.74) is 0.104. The third kappa shape index (κ3) is 3.41. The number of aromatic carboxylic acids is 1. The van der Waals surface area contributed by atoms with Gasteiger partial charge in [-0.25, -0.2) is 9.78 Å². The van der Waals surface area contributed by atoms with Gasteiger partial charge < -0.3 is 14.9 Å². The highest BCUT2D eigenvalue weighted by Gasteiger charge is 2.21. The lowest BCUT2D eigenvalue weighted by Gasteiger charge is -2.32. The zero-order valence-corrected chi connectivity index (χ0v) is 12.6. The summed E-state index contributed by atoms with van der Waals surface area (Å²) in [5.74, 6) is 0.124. The molecule has 0 atom stereocenters. The Balaban J connectivity index is 2.07. The van der Waals surface area contributed by atoms with Crippen molar-refractivity contribution >= 4 is 23.4 Å². The van der Waals surface area contributed by atoms with E-state index < -0.39 is 5.97 Å². The number of carboxylic acids is 1. The average molecular weight is 298 g/mol. The Kier molecular flexibility index (Phi) is 4.83. The molecule has 1 aromatic rings. The number of halogens is 1. The van der Waals surface area contributed by atoms with E-state index in [1.165, 1.54) is 12.3 Å². The molecule has 1 aromatic heterocycles. The Bertz CT molecular complexity index is 487. The van der Waals surface area contributed by atoms with Crippen LogP contribution >= 0.6 is 11.6 Å². The van der Waals surface area contributed by atoms with Gasteiger partial charge in [0.2, 0.25) is 0 Å². The average Bonchev–Trinajstić information content (AvgIpc) is 2.41. The van der Waals surface area contributed by atoms with E-state index >= 15 is 0 Å². The number of carboxylic acid groups (broad SMARTS) is 1. The molecule has 1 N–H and O–H groups in total. The van der Waals surface area contributed by atoms with Crippen molar-refractivity contribution in [3.05, 3.63) is 22.8 Å². The third-order valence-electron chi connectivity index (χ3n) is 3.83. The van der Waals surface area contributed by atoms with Crippen LogP contribution in [0, 0.1) is 5.92 Å². The lowest BCUT2D eigenvalue weighted by atomic mass is 9.97. The zero-order chi connectivity index (χ0) is 14.7. The minimum absolute atomic E-state index is 0.104. The first-order valence-electron chi connectivity index (χ1n) is 6.76. The number of anilines is 1. The van der Waals surface area contributed by atoms with Crippen molar-refractivity contribution in [2.45, 2.75) is 12.8 Å². The molecule has 2 rings (SSSR count). The molecule has 1 fully saturated rings. The second-order valence-corrected chi connectivity index (χ2v) is 5.81. The molecular weight excluding hydrogens is 278 g/mol. The molecule has 0 amide bonds. The minimum Gasteiger partial charge on any atom is -0.478 e. The molecule has 1 aliphatic rings. The van der Waals surface area contributed by atoms with Crippen molar-refractivity contribution < 1.29 is 9.90 Å². The van der Waals surface area contributed by atoms with Gasteiger partial charge in [-0.05, 0) is 45.0 Å². The predicted molar refractivity (Wildman–Crippen MR) is 79.7 cm³/mol. The second kappa shape index (κ2) is 6.41. The van der Waals surface area contributed by atoms with Gasteiger partial charge in [-0.1, -0.05) is 11.6 Å². The first-order chi connectivity index (χ1) is 9.49. The Morgan fingerprint density at radius 1 is 1.55 bits per heavy atom. The molecule has 0 radical (unpaired) electrons. The van der Waals surface area contributed by atoms with Gasteiger partial charge in [0.25, 0.3) is 0 Å². The van der Waals surface area contributed by atoms with Crippen LogP contribution in [-0.4, -0.2) is 54.7 Å². The Morgan fingerprint density at radius 2 is 2.20 bits per heavy atom. The molecule has 0 spiro atoms. The van der Waals surface area contributed by atoms with Gasteiger partial charge in [-0.2, -0.15) is 0 Å². The van der Waals surface area contributed by atoms with E-state index in [-0.39, 0.29) is 10.6 Å². The normalized spacial score (nSPS) is 17.1. The predicted octanol–water partition coefficient (Wildman–Crippen LogP) is 2.21. The van der Waals surface area contributed by atoms with Gasteiger partial charge in [0.15, 0.2) is 0 Å². The number of nitrogens with zero attached hydrogens (tertiary/aromatic N) is 3. The molecular formula is C14H20ClN3O2. The van der Waals surface area contributed by atoms with E-state index in [2.05, 4.69) is 16.9 Å². The van der Waals surface area contributed by atoms with Crippen molar-refractivity contribution in [3.63, 3.8) is 0 Å². The molecule has 6 heteroatoms. The first-order valence-corrected chi connectivity index (χ1v) is 7.14. The maximum Gasteiger partial charge on any atom is 0.337 e. The number of pyridine rings is 1. The molecule has 1 saturated heterocycles. The number of carbonyl (C=O) groups is 1. The van der Waals surface area contributed by atoms with E-state index in [9.17, 15) is 4.79 Å². The van der Waals surface area contributed by atoms with Crippen molar-refractivity contribution in [2.24, 2.45) is 5.92 Å². The number of aromatic nitrogens is 1. The summed E-state index contributed by atoms with van der Waals surface area (Å²) in [4.78, 5) is 19.6. The summed E-state index contributed by atoms with van der Waals surface area (Å²) in [6.45, 7) is 3.06. The highest BCUT2D eigenvalue weighted by atomic mass is 35.5. The first kappa shape index (κ1) is 15.1. The Hall–Kier alpha value is -1.33. The number of rotatable bonds is 4. The molecule has 5 nitrogen and oxygen atoms in total. The van der Waals surface area contributed by atoms with Gasteiger partial charge in [0.1, 0.15) is 5.82 Å². The standard InChI is InChI=1S/C14H20ClN3O2/c1-17-7-4-10(5-8-17)9-18(2)13-12(15)11(14(19)20)3-6-16-13/h3,6,10H,4-5,7-9H2,1-2H3,(H,19,20). The van der Waals surface area contributed by atoms with E-state index in [1.807, 2.05) is 11.9 Å². The third-order valence-corrected chi connectivity index (χ3v) is 4.21. The zero-order valence-electron chi connectivity index (χ0n) is 11.8. The van der Waals surface area contributed by atoms with E-state index in [0.717, 1.165) is 32.5 Å². The lowest BCUT2D eigenvalue weighted by molar-refractivity contribution is 0.0697. The molecule has 20 heavy (non-hydrogen) atoms. The summed E-state index contributed by atoms with van der Waals surface area (Å²) in [5, 5.41) is 9.30. The monoisotopic (exact) mass is 297 g/mol. The number of likely N-dealkylation sites (tertiary alicyclic amines) is 1. The molecule has 0 aliphatic carbocycles. The molecule has 0 unspecified atom stereocenters. The Labute approximate surface area is 124 Å². The molecule has 0 saturated carbocycles. The molecule has 110 valence electrons. The molecule has 2 heterocycles. The van der Waals surface area contributed by atoms with Gasteiger partial charge in [-0.15, -0.1) is 0 Å². The van der Waals surface area contributed by atoms with Crippen LogP contribution in [0.4, 0.5) is 5.82 Å². The van der Waals surface area contributed by atoms with E-state index in [4.69, 9.17) is 16.7 Å². The van der Waals surface area contributed by atoms with Crippen LogP contribution in [-0.2, 0) is 0 Å². The van der Waals surface area contributed by atoms with E-state index in [0.29, 0.717) is 11.7 Å². The number of hydrogen-bond acceptors (Lipinski definition) is 4. The number of piperidine rings is 1. The smallest absolute Gasteiger partial charge is 0.337 e. The van der Waals surface area contributed by atoms with Crippen LogP contribution in [0.25, 0.3) is 0 Å². The summed E-state index contributed by atoms with van der Waals surface area (Å²) in [7, 11) is 4.05. The van der Waals surface area contributed by atoms with Crippen LogP contribution in [0.3, 0.4) is 0 Å².